The van der Waals surface area contributed by atoms with E-state index >= 15 is 0 Å². The quantitative estimate of drug-likeness (QED) is 0.628. The largest absolute Gasteiger partial charge is 0.365 e. The van der Waals surface area contributed by atoms with Gasteiger partial charge >= 0.3 is 0 Å². The van der Waals surface area contributed by atoms with Crippen LogP contribution in [0.4, 0.5) is 4.39 Å². The second kappa shape index (κ2) is 6.99. The van der Waals surface area contributed by atoms with Gasteiger partial charge in [-0.2, -0.15) is 4.39 Å². The van der Waals surface area contributed by atoms with E-state index < -0.39 is 5.95 Å². The van der Waals surface area contributed by atoms with Crippen molar-refractivity contribution in [2.45, 2.75) is 25.5 Å². The maximum absolute atomic E-state index is 13.6. The van der Waals surface area contributed by atoms with Crippen LogP contribution in [0.15, 0.2) is 16.7 Å². The fourth-order valence-corrected chi connectivity index (χ4v) is 2.60. The molecule has 0 N–H and O–H groups in total. The summed E-state index contributed by atoms with van der Waals surface area (Å²) in [6, 6.07) is 1.78. The van der Waals surface area contributed by atoms with Gasteiger partial charge in [0.2, 0.25) is 5.95 Å². The zero-order chi connectivity index (χ0) is 13.7. The molecular formula is C14H16BrFN2O. The van der Waals surface area contributed by atoms with E-state index in [1.54, 1.807) is 6.07 Å². The minimum absolute atomic E-state index is 0.234. The minimum atomic E-state index is -0.395. The summed E-state index contributed by atoms with van der Waals surface area (Å²) in [6.07, 6.45) is 8.74. The molecule has 0 spiro atoms. The van der Waals surface area contributed by atoms with Gasteiger partial charge in [-0.25, -0.2) is 4.98 Å². The number of rotatable bonds is 4. The van der Waals surface area contributed by atoms with Gasteiger partial charge in [-0.1, -0.05) is 5.92 Å². The lowest BCUT2D eigenvalue weighted by Gasteiger charge is -2.31. The van der Waals surface area contributed by atoms with Gasteiger partial charge in [0.25, 0.3) is 0 Å². The van der Waals surface area contributed by atoms with Crippen molar-refractivity contribution in [3.63, 3.8) is 0 Å². The van der Waals surface area contributed by atoms with E-state index in [-0.39, 0.29) is 6.10 Å². The zero-order valence-electron chi connectivity index (χ0n) is 10.6. The molecule has 1 saturated heterocycles. The summed E-state index contributed by atoms with van der Waals surface area (Å²) in [5.41, 5.74) is 0.623. The number of halogens is 2. The Kier molecular flexibility index (Phi) is 5.32. The SMILES string of the molecule is C#CCOC1CCN(Cc2cc(Br)cnc2F)CC1. The third kappa shape index (κ3) is 4.27. The molecule has 0 atom stereocenters. The highest BCUT2D eigenvalue weighted by Gasteiger charge is 2.20. The van der Waals surface area contributed by atoms with Crippen molar-refractivity contribution in [2.75, 3.05) is 19.7 Å². The molecule has 0 unspecified atom stereocenters. The molecule has 3 nitrogen and oxygen atoms in total. The Morgan fingerprint density at radius 1 is 1.53 bits per heavy atom. The number of aromatic nitrogens is 1. The Morgan fingerprint density at radius 3 is 2.95 bits per heavy atom. The number of hydrogen-bond acceptors (Lipinski definition) is 3. The molecule has 0 amide bonds. The van der Waals surface area contributed by atoms with Crippen molar-refractivity contribution in [1.29, 1.82) is 0 Å². The summed E-state index contributed by atoms with van der Waals surface area (Å²) in [4.78, 5) is 5.92. The first-order valence-corrected chi connectivity index (χ1v) is 7.05. The van der Waals surface area contributed by atoms with Crippen molar-refractivity contribution in [2.24, 2.45) is 0 Å². The van der Waals surface area contributed by atoms with Gasteiger partial charge in [-0.3, -0.25) is 4.90 Å². The molecule has 2 rings (SSSR count). The summed E-state index contributed by atoms with van der Waals surface area (Å²) >= 11 is 3.31. The molecule has 1 aliphatic heterocycles. The van der Waals surface area contributed by atoms with Gasteiger partial charge in [-0.15, -0.1) is 6.42 Å². The van der Waals surface area contributed by atoms with E-state index in [0.29, 0.717) is 18.7 Å². The number of ether oxygens (including phenoxy) is 1. The smallest absolute Gasteiger partial charge is 0.217 e. The van der Waals surface area contributed by atoms with Gasteiger partial charge in [0.1, 0.15) is 6.61 Å². The fraction of sp³-hybridized carbons (Fsp3) is 0.500. The molecule has 0 bridgehead atoms. The molecule has 0 saturated carbocycles. The first-order valence-electron chi connectivity index (χ1n) is 6.26. The summed E-state index contributed by atoms with van der Waals surface area (Å²) in [5.74, 6) is 2.09. The predicted molar refractivity (Wildman–Crippen MR) is 75.0 cm³/mol. The monoisotopic (exact) mass is 326 g/mol. The first kappa shape index (κ1) is 14.4. The molecule has 1 fully saturated rings. The molecule has 1 aliphatic rings. The number of hydrogen-bond donors (Lipinski definition) is 0. The van der Waals surface area contributed by atoms with Crippen LogP contribution in [0, 0.1) is 18.3 Å². The van der Waals surface area contributed by atoms with E-state index in [2.05, 4.69) is 31.7 Å². The summed E-state index contributed by atoms with van der Waals surface area (Å²) < 4.78 is 19.9. The summed E-state index contributed by atoms with van der Waals surface area (Å²) in [7, 11) is 0. The number of terminal acetylenes is 1. The number of nitrogens with zero attached hydrogens (tertiary/aromatic N) is 2. The molecule has 1 aromatic heterocycles. The summed E-state index contributed by atoms with van der Waals surface area (Å²) in [6.45, 7) is 2.73. The first-order chi connectivity index (χ1) is 9.19. The Labute approximate surface area is 121 Å². The van der Waals surface area contributed by atoms with E-state index in [0.717, 1.165) is 30.4 Å². The van der Waals surface area contributed by atoms with Crippen LogP contribution in [-0.4, -0.2) is 35.7 Å². The van der Waals surface area contributed by atoms with Crippen molar-refractivity contribution in [3.8, 4) is 12.3 Å². The standard InChI is InChI=1S/C14H16BrFN2O/c1-2-7-19-13-3-5-18(6-4-13)10-11-8-12(15)9-17-14(11)16/h1,8-9,13H,3-7,10H2. The predicted octanol–water partition coefficient (Wildman–Crippen LogP) is 2.60. The number of pyridine rings is 1. The van der Waals surface area contributed by atoms with Crippen molar-refractivity contribution in [1.82, 2.24) is 9.88 Å². The van der Waals surface area contributed by atoms with E-state index in [1.165, 1.54) is 6.20 Å². The average molecular weight is 327 g/mol. The van der Waals surface area contributed by atoms with Crippen molar-refractivity contribution in [3.05, 3.63) is 28.2 Å². The van der Waals surface area contributed by atoms with Gasteiger partial charge in [0.05, 0.1) is 6.10 Å². The Balaban J connectivity index is 1.85. The second-order valence-electron chi connectivity index (χ2n) is 4.59. The molecular weight excluding hydrogens is 311 g/mol. The average Bonchev–Trinajstić information content (AvgIpc) is 2.42. The lowest BCUT2D eigenvalue weighted by Crippen LogP contribution is -2.36. The van der Waals surface area contributed by atoms with Crippen LogP contribution in [0.5, 0.6) is 0 Å². The lowest BCUT2D eigenvalue weighted by molar-refractivity contribution is 0.0224. The second-order valence-corrected chi connectivity index (χ2v) is 5.51. The third-order valence-electron chi connectivity index (χ3n) is 3.21. The van der Waals surface area contributed by atoms with Crippen LogP contribution in [0.25, 0.3) is 0 Å². The molecule has 0 radical (unpaired) electrons. The van der Waals surface area contributed by atoms with Crippen molar-refractivity contribution < 1.29 is 9.13 Å². The van der Waals surface area contributed by atoms with Crippen molar-refractivity contribution >= 4 is 15.9 Å². The molecule has 5 heteroatoms. The number of likely N-dealkylation sites (tertiary alicyclic amines) is 1. The van der Waals surface area contributed by atoms with Crippen LogP contribution in [0.2, 0.25) is 0 Å². The van der Waals surface area contributed by atoms with Crippen LogP contribution in [0.1, 0.15) is 18.4 Å². The Bertz CT molecular complexity index is 467. The van der Waals surface area contributed by atoms with Crippen LogP contribution < -0.4 is 0 Å². The molecule has 102 valence electrons. The van der Waals surface area contributed by atoms with E-state index in [1.807, 2.05) is 0 Å². The fourth-order valence-electron chi connectivity index (χ4n) is 2.22. The third-order valence-corrected chi connectivity index (χ3v) is 3.64. The van der Waals surface area contributed by atoms with E-state index in [9.17, 15) is 4.39 Å². The summed E-state index contributed by atoms with van der Waals surface area (Å²) in [5, 5.41) is 0. The lowest BCUT2D eigenvalue weighted by atomic mass is 10.1. The highest BCUT2D eigenvalue weighted by molar-refractivity contribution is 9.10. The molecule has 2 heterocycles. The zero-order valence-corrected chi connectivity index (χ0v) is 12.2. The highest BCUT2D eigenvalue weighted by Crippen LogP contribution is 2.19. The van der Waals surface area contributed by atoms with Gasteiger partial charge < -0.3 is 4.74 Å². The highest BCUT2D eigenvalue weighted by atomic mass is 79.9. The maximum Gasteiger partial charge on any atom is 0.217 e. The van der Waals surface area contributed by atoms with Gasteiger partial charge in [-0.05, 0) is 34.8 Å². The number of piperidine rings is 1. The van der Waals surface area contributed by atoms with Crippen LogP contribution in [0.3, 0.4) is 0 Å². The Hall–Kier alpha value is -0.960. The Morgan fingerprint density at radius 2 is 2.26 bits per heavy atom. The molecule has 1 aromatic rings. The van der Waals surface area contributed by atoms with Gasteiger partial charge in [0, 0.05) is 35.9 Å². The minimum Gasteiger partial charge on any atom is -0.365 e. The van der Waals surface area contributed by atoms with Gasteiger partial charge in [0.15, 0.2) is 0 Å². The maximum atomic E-state index is 13.6. The van der Waals surface area contributed by atoms with Crippen LogP contribution in [-0.2, 0) is 11.3 Å². The molecule has 0 aromatic carbocycles. The van der Waals surface area contributed by atoms with E-state index in [4.69, 9.17) is 11.2 Å². The molecule has 0 aliphatic carbocycles. The molecule has 19 heavy (non-hydrogen) atoms. The van der Waals surface area contributed by atoms with Crippen LogP contribution >= 0.6 is 15.9 Å². The topological polar surface area (TPSA) is 25.4 Å². The normalized spacial score (nSPS) is 17.3.